The standard InChI is InChI=1S/C24H29N2O7P/c1-8-34(29,32-23(2)17-13-15(30-6)9-11-19(17)25(4)21(23)27)33-24(3)18-14-16(31-7)10-12-20(18)26(5)22(24)28/h9-14H,8H2,1-7H3. The molecule has 0 radical (unpaired) electrons. The molecule has 2 aliphatic rings. The number of carbonyl (C=O) groups excluding carboxylic acids is 2. The number of fused-ring (bicyclic) bond motifs is 2. The largest absolute Gasteiger partial charge is 0.497 e. The van der Waals surface area contributed by atoms with Crippen molar-refractivity contribution in [2.24, 2.45) is 0 Å². The third-order valence-corrected chi connectivity index (χ3v) is 8.68. The number of carbonyl (C=O) groups is 2. The van der Waals surface area contributed by atoms with Crippen LogP contribution in [0.5, 0.6) is 11.5 Å². The number of nitrogens with zero attached hydrogens (tertiary/aromatic N) is 2. The molecule has 2 unspecified atom stereocenters. The zero-order valence-electron chi connectivity index (χ0n) is 20.4. The zero-order valence-corrected chi connectivity index (χ0v) is 21.3. The first-order valence-electron chi connectivity index (χ1n) is 10.9. The van der Waals surface area contributed by atoms with Gasteiger partial charge in [-0.3, -0.25) is 23.2 Å². The second kappa shape index (κ2) is 8.12. The maximum absolute atomic E-state index is 14.1. The molecule has 2 aromatic carbocycles. The Bertz CT molecular complexity index is 1140. The molecule has 2 heterocycles. The molecule has 0 aliphatic carbocycles. The summed E-state index contributed by atoms with van der Waals surface area (Å²) in [5, 5.41) is 0. The van der Waals surface area contributed by atoms with Crippen LogP contribution in [0, 0.1) is 0 Å². The Morgan fingerprint density at radius 3 is 1.50 bits per heavy atom. The number of hydrogen-bond acceptors (Lipinski definition) is 7. The Labute approximate surface area is 199 Å². The first-order chi connectivity index (χ1) is 15.9. The van der Waals surface area contributed by atoms with Crippen molar-refractivity contribution in [2.45, 2.75) is 32.0 Å². The highest BCUT2D eigenvalue weighted by Gasteiger charge is 2.56. The second-order valence-corrected chi connectivity index (χ2v) is 10.9. The summed E-state index contributed by atoms with van der Waals surface area (Å²) >= 11 is 0. The van der Waals surface area contributed by atoms with Gasteiger partial charge in [-0.25, -0.2) is 0 Å². The lowest BCUT2D eigenvalue weighted by Gasteiger charge is -2.33. The van der Waals surface area contributed by atoms with E-state index >= 15 is 0 Å². The van der Waals surface area contributed by atoms with Crippen LogP contribution in [-0.4, -0.2) is 46.3 Å². The molecule has 2 amide bonds. The molecule has 0 spiro atoms. The van der Waals surface area contributed by atoms with Crippen LogP contribution in [0.2, 0.25) is 0 Å². The van der Waals surface area contributed by atoms with Gasteiger partial charge in [0, 0.05) is 31.4 Å². The van der Waals surface area contributed by atoms with Gasteiger partial charge in [0.1, 0.15) is 11.5 Å². The summed E-state index contributed by atoms with van der Waals surface area (Å²) < 4.78 is 37.0. The molecule has 0 saturated heterocycles. The molecule has 2 aliphatic heterocycles. The zero-order chi connectivity index (χ0) is 25.1. The molecule has 0 N–H and O–H groups in total. The second-order valence-electron chi connectivity index (χ2n) is 8.67. The highest BCUT2D eigenvalue weighted by molar-refractivity contribution is 7.53. The van der Waals surface area contributed by atoms with Crippen LogP contribution in [-0.2, 0) is 34.4 Å². The molecule has 4 rings (SSSR count). The van der Waals surface area contributed by atoms with E-state index in [1.165, 1.54) is 24.0 Å². The van der Waals surface area contributed by atoms with Crippen LogP contribution >= 0.6 is 7.60 Å². The first kappa shape index (κ1) is 24.3. The molecule has 2 aromatic rings. The van der Waals surface area contributed by atoms with Crippen molar-refractivity contribution in [3.8, 4) is 11.5 Å². The summed E-state index contributed by atoms with van der Waals surface area (Å²) in [5.74, 6) is 0.277. The number of ether oxygens (including phenoxy) is 2. The fourth-order valence-corrected chi connectivity index (χ4v) is 6.36. The molecule has 0 aromatic heterocycles. The summed E-state index contributed by atoms with van der Waals surface area (Å²) in [4.78, 5) is 29.5. The van der Waals surface area contributed by atoms with Gasteiger partial charge in [0.15, 0.2) is 11.2 Å². The Morgan fingerprint density at radius 1 is 0.794 bits per heavy atom. The van der Waals surface area contributed by atoms with E-state index in [-0.39, 0.29) is 6.16 Å². The molecule has 9 nitrogen and oxygen atoms in total. The number of benzene rings is 2. The SMILES string of the molecule is CCP(=O)(OC1(C)C(=O)N(C)c2ccc(OC)cc21)OC1(C)C(=O)N(C)c2ccc(OC)cc21. The average molecular weight is 488 g/mol. The molecule has 2 atom stereocenters. The normalized spacial score (nSPS) is 25.3. The lowest BCUT2D eigenvalue weighted by atomic mass is 9.98. The van der Waals surface area contributed by atoms with Gasteiger partial charge in [-0.1, -0.05) is 6.92 Å². The van der Waals surface area contributed by atoms with E-state index in [9.17, 15) is 14.2 Å². The van der Waals surface area contributed by atoms with Crippen LogP contribution in [0.3, 0.4) is 0 Å². The van der Waals surface area contributed by atoms with Crippen LogP contribution in [0.15, 0.2) is 36.4 Å². The van der Waals surface area contributed by atoms with Crippen molar-refractivity contribution >= 4 is 30.8 Å². The van der Waals surface area contributed by atoms with Crippen molar-refractivity contribution in [2.75, 3.05) is 44.3 Å². The number of anilines is 2. The van der Waals surface area contributed by atoms with Crippen molar-refractivity contribution in [3.05, 3.63) is 47.5 Å². The molecule has 0 bridgehead atoms. The molecule has 34 heavy (non-hydrogen) atoms. The van der Waals surface area contributed by atoms with Gasteiger partial charge in [-0.2, -0.15) is 0 Å². The van der Waals surface area contributed by atoms with E-state index < -0.39 is 30.6 Å². The minimum Gasteiger partial charge on any atom is -0.497 e. The van der Waals surface area contributed by atoms with Crippen molar-refractivity contribution in [3.63, 3.8) is 0 Å². The van der Waals surface area contributed by atoms with Crippen LogP contribution < -0.4 is 19.3 Å². The van der Waals surface area contributed by atoms with E-state index in [1.54, 1.807) is 71.3 Å². The van der Waals surface area contributed by atoms with Gasteiger partial charge in [-0.05, 0) is 50.2 Å². The quantitative estimate of drug-likeness (QED) is 0.543. The van der Waals surface area contributed by atoms with Gasteiger partial charge >= 0.3 is 7.60 Å². The van der Waals surface area contributed by atoms with E-state index in [1.807, 2.05) is 0 Å². The third-order valence-electron chi connectivity index (χ3n) is 6.61. The average Bonchev–Trinajstić information content (AvgIpc) is 3.13. The summed E-state index contributed by atoms with van der Waals surface area (Å²) in [7, 11) is 2.30. The lowest BCUT2D eigenvalue weighted by molar-refractivity contribution is -0.136. The highest BCUT2D eigenvalue weighted by atomic mass is 31.2. The first-order valence-corrected chi connectivity index (χ1v) is 12.6. The monoisotopic (exact) mass is 488 g/mol. The molecule has 182 valence electrons. The fraction of sp³-hybridized carbons (Fsp3) is 0.417. The topological polar surface area (TPSA) is 94.6 Å². The van der Waals surface area contributed by atoms with Gasteiger partial charge in [0.05, 0.1) is 25.6 Å². The van der Waals surface area contributed by atoms with Gasteiger partial charge in [0.25, 0.3) is 11.8 Å². The maximum atomic E-state index is 14.1. The van der Waals surface area contributed by atoms with Crippen LogP contribution in [0.4, 0.5) is 11.4 Å². The molecule has 0 saturated carbocycles. The highest BCUT2D eigenvalue weighted by Crippen LogP contribution is 2.62. The summed E-state index contributed by atoms with van der Waals surface area (Å²) in [6.07, 6.45) is -0.0508. The summed E-state index contributed by atoms with van der Waals surface area (Å²) in [6.45, 7) is 4.76. The molecular formula is C24H29N2O7P. The van der Waals surface area contributed by atoms with Gasteiger partial charge in [-0.15, -0.1) is 0 Å². The van der Waals surface area contributed by atoms with Crippen LogP contribution in [0.1, 0.15) is 31.9 Å². The lowest BCUT2D eigenvalue weighted by Crippen LogP contribution is -2.41. The van der Waals surface area contributed by atoms with E-state index in [0.717, 1.165) is 0 Å². The predicted octanol–water partition coefficient (Wildman–Crippen LogP) is 4.03. The van der Waals surface area contributed by atoms with Crippen LogP contribution in [0.25, 0.3) is 0 Å². The minimum absolute atomic E-state index is 0.0508. The third kappa shape index (κ3) is 3.42. The smallest absolute Gasteiger partial charge is 0.333 e. The Morgan fingerprint density at radius 2 is 1.18 bits per heavy atom. The maximum Gasteiger partial charge on any atom is 0.333 e. The fourth-order valence-electron chi connectivity index (χ4n) is 4.60. The van der Waals surface area contributed by atoms with E-state index in [4.69, 9.17) is 18.5 Å². The Hall–Kier alpha value is -2.87. The van der Waals surface area contributed by atoms with Crippen molar-refractivity contribution < 1.29 is 32.7 Å². The van der Waals surface area contributed by atoms with Gasteiger partial charge in [0.2, 0.25) is 0 Å². The van der Waals surface area contributed by atoms with Crippen molar-refractivity contribution in [1.82, 2.24) is 0 Å². The minimum atomic E-state index is -3.99. The van der Waals surface area contributed by atoms with E-state index in [0.29, 0.717) is 34.0 Å². The molecule has 0 fully saturated rings. The number of hydrogen-bond donors (Lipinski definition) is 0. The van der Waals surface area contributed by atoms with Gasteiger partial charge < -0.3 is 19.3 Å². The number of likely N-dealkylation sites (N-methyl/N-ethyl adjacent to an activating group) is 2. The molecule has 10 heteroatoms. The summed E-state index contributed by atoms with van der Waals surface area (Å²) in [5.41, 5.74) is -0.920. The summed E-state index contributed by atoms with van der Waals surface area (Å²) in [6, 6.07) is 10.3. The predicted molar refractivity (Wildman–Crippen MR) is 128 cm³/mol. The Balaban J connectivity index is 1.76. The number of methoxy groups -OCH3 is 2. The number of rotatable bonds is 7. The van der Waals surface area contributed by atoms with Crippen molar-refractivity contribution in [1.29, 1.82) is 0 Å². The van der Waals surface area contributed by atoms with E-state index in [2.05, 4.69) is 0 Å². The Kier molecular flexibility index (Phi) is 5.79. The molecular weight excluding hydrogens is 459 g/mol. The number of amides is 2.